The number of anilines is 1. The van der Waals surface area contributed by atoms with Gasteiger partial charge in [-0.05, 0) is 36.1 Å². The SMILES string of the molecule is CC(N)CN1NCc2ccc3cc(O)ccc3c21. The molecule has 0 saturated heterocycles. The number of aromatic hydroxyl groups is 1. The van der Waals surface area contributed by atoms with Crippen LogP contribution in [-0.4, -0.2) is 17.7 Å². The van der Waals surface area contributed by atoms with Crippen LogP contribution in [0.3, 0.4) is 0 Å². The van der Waals surface area contributed by atoms with Gasteiger partial charge in [-0.25, -0.2) is 5.43 Å². The van der Waals surface area contributed by atoms with Gasteiger partial charge in [0.1, 0.15) is 5.75 Å². The summed E-state index contributed by atoms with van der Waals surface area (Å²) in [6.45, 7) is 3.60. The third kappa shape index (κ3) is 1.79. The highest BCUT2D eigenvalue weighted by Gasteiger charge is 2.21. The summed E-state index contributed by atoms with van der Waals surface area (Å²) in [5, 5.41) is 13.8. The highest BCUT2D eigenvalue weighted by atomic mass is 16.3. The highest BCUT2D eigenvalue weighted by Crippen LogP contribution is 2.35. The van der Waals surface area contributed by atoms with E-state index in [4.69, 9.17) is 5.73 Å². The molecular formula is C14H17N3O. The van der Waals surface area contributed by atoms with E-state index in [9.17, 15) is 5.11 Å². The van der Waals surface area contributed by atoms with Crippen molar-refractivity contribution in [1.82, 2.24) is 5.43 Å². The van der Waals surface area contributed by atoms with Gasteiger partial charge in [0.05, 0.1) is 5.69 Å². The van der Waals surface area contributed by atoms with Crippen molar-refractivity contribution in [3.05, 3.63) is 35.9 Å². The van der Waals surface area contributed by atoms with Crippen LogP contribution in [0.15, 0.2) is 30.3 Å². The van der Waals surface area contributed by atoms with Crippen molar-refractivity contribution in [2.75, 3.05) is 11.6 Å². The Balaban J connectivity index is 2.15. The zero-order valence-electron chi connectivity index (χ0n) is 10.4. The number of benzene rings is 2. The second-order valence-electron chi connectivity index (χ2n) is 4.90. The minimum Gasteiger partial charge on any atom is -0.508 e. The van der Waals surface area contributed by atoms with Crippen LogP contribution < -0.4 is 16.2 Å². The molecule has 1 aliphatic heterocycles. The Hall–Kier alpha value is -1.78. The predicted molar refractivity (Wildman–Crippen MR) is 73.4 cm³/mol. The largest absolute Gasteiger partial charge is 0.508 e. The number of nitrogens with zero attached hydrogens (tertiary/aromatic N) is 1. The number of rotatable bonds is 2. The zero-order valence-corrected chi connectivity index (χ0v) is 10.4. The molecule has 1 unspecified atom stereocenters. The lowest BCUT2D eigenvalue weighted by Crippen LogP contribution is -2.40. The fourth-order valence-corrected chi connectivity index (χ4v) is 2.51. The fourth-order valence-electron chi connectivity index (χ4n) is 2.51. The van der Waals surface area contributed by atoms with Gasteiger partial charge in [0, 0.05) is 24.5 Å². The molecule has 4 N–H and O–H groups in total. The molecule has 0 aliphatic carbocycles. The first-order chi connectivity index (χ1) is 8.65. The lowest BCUT2D eigenvalue weighted by molar-refractivity contribution is 0.476. The van der Waals surface area contributed by atoms with E-state index in [0.29, 0.717) is 5.75 Å². The third-order valence-electron chi connectivity index (χ3n) is 3.26. The van der Waals surface area contributed by atoms with E-state index < -0.39 is 0 Å². The molecular weight excluding hydrogens is 226 g/mol. The van der Waals surface area contributed by atoms with Gasteiger partial charge in [-0.2, -0.15) is 0 Å². The lowest BCUT2D eigenvalue weighted by Gasteiger charge is -2.22. The van der Waals surface area contributed by atoms with E-state index in [0.717, 1.165) is 23.9 Å². The summed E-state index contributed by atoms with van der Waals surface area (Å²) < 4.78 is 0. The van der Waals surface area contributed by atoms with Crippen LogP contribution in [0.1, 0.15) is 12.5 Å². The number of hydrazine groups is 1. The predicted octanol–water partition coefficient (Wildman–Crippen LogP) is 1.72. The van der Waals surface area contributed by atoms with Gasteiger partial charge in [0.25, 0.3) is 0 Å². The topological polar surface area (TPSA) is 61.5 Å². The molecule has 0 aromatic heterocycles. The second kappa shape index (κ2) is 4.15. The minimum atomic E-state index is 0.107. The fraction of sp³-hybridized carbons (Fsp3) is 0.286. The standard InChI is InChI=1S/C14H17N3O/c1-9(15)8-17-14-11(7-16-17)3-2-10-6-12(18)4-5-13(10)14/h2-6,9,16,18H,7-8,15H2,1H3. The summed E-state index contributed by atoms with van der Waals surface area (Å²) >= 11 is 0. The number of phenolic OH excluding ortho intramolecular Hbond substituents is 1. The number of hydrogen-bond acceptors (Lipinski definition) is 4. The van der Waals surface area contributed by atoms with Crippen molar-refractivity contribution in [3.63, 3.8) is 0 Å². The van der Waals surface area contributed by atoms with Crippen molar-refractivity contribution < 1.29 is 5.11 Å². The Morgan fingerprint density at radius 3 is 3.00 bits per heavy atom. The molecule has 0 bridgehead atoms. The average molecular weight is 243 g/mol. The van der Waals surface area contributed by atoms with Gasteiger partial charge in [-0.1, -0.05) is 12.1 Å². The molecule has 0 amide bonds. The van der Waals surface area contributed by atoms with Crippen molar-refractivity contribution in [2.24, 2.45) is 5.73 Å². The van der Waals surface area contributed by atoms with E-state index in [1.54, 1.807) is 12.1 Å². The van der Waals surface area contributed by atoms with Gasteiger partial charge in [-0.3, -0.25) is 0 Å². The summed E-state index contributed by atoms with van der Waals surface area (Å²) in [6.07, 6.45) is 0. The molecule has 3 rings (SSSR count). The zero-order chi connectivity index (χ0) is 12.7. The average Bonchev–Trinajstić information content (AvgIpc) is 2.71. The molecule has 1 heterocycles. The van der Waals surface area contributed by atoms with Crippen LogP contribution in [0, 0.1) is 0 Å². The first-order valence-corrected chi connectivity index (χ1v) is 6.16. The van der Waals surface area contributed by atoms with E-state index in [1.165, 1.54) is 11.3 Å². The molecule has 1 atom stereocenters. The quantitative estimate of drug-likeness (QED) is 0.751. The smallest absolute Gasteiger partial charge is 0.116 e. The Bertz CT molecular complexity index is 595. The lowest BCUT2D eigenvalue weighted by atomic mass is 10.0. The monoisotopic (exact) mass is 243 g/mol. The summed E-state index contributed by atoms with van der Waals surface area (Å²) in [6, 6.07) is 9.74. The van der Waals surface area contributed by atoms with Crippen LogP contribution in [-0.2, 0) is 6.54 Å². The van der Waals surface area contributed by atoms with Crippen molar-refractivity contribution in [1.29, 1.82) is 0 Å². The molecule has 0 saturated carbocycles. The molecule has 0 fully saturated rings. The van der Waals surface area contributed by atoms with Gasteiger partial charge >= 0.3 is 0 Å². The summed E-state index contributed by atoms with van der Waals surface area (Å²) in [5.41, 5.74) is 11.7. The van der Waals surface area contributed by atoms with Gasteiger partial charge in [0.15, 0.2) is 0 Å². The molecule has 94 valence electrons. The first kappa shape index (κ1) is 11.3. The maximum Gasteiger partial charge on any atom is 0.116 e. The van der Waals surface area contributed by atoms with Crippen LogP contribution in [0.25, 0.3) is 10.8 Å². The number of phenols is 1. The highest BCUT2D eigenvalue weighted by molar-refractivity contribution is 5.97. The van der Waals surface area contributed by atoms with Gasteiger partial charge in [-0.15, -0.1) is 0 Å². The first-order valence-electron chi connectivity index (χ1n) is 6.16. The molecule has 0 radical (unpaired) electrons. The van der Waals surface area contributed by atoms with E-state index in [2.05, 4.69) is 16.5 Å². The summed E-state index contributed by atoms with van der Waals surface area (Å²) in [5.74, 6) is 0.298. The molecule has 4 heteroatoms. The molecule has 1 aliphatic rings. The van der Waals surface area contributed by atoms with Crippen LogP contribution in [0.5, 0.6) is 5.75 Å². The van der Waals surface area contributed by atoms with Crippen molar-refractivity contribution >= 4 is 16.5 Å². The van der Waals surface area contributed by atoms with E-state index in [-0.39, 0.29) is 6.04 Å². The third-order valence-corrected chi connectivity index (χ3v) is 3.26. The summed E-state index contributed by atoms with van der Waals surface area (Å²) in [7, 11) is 0. The second-order valence-corrected chi connectivity index (χ2v) is 4.90. The van der Waals surface area contributed by atoms with Crippen LogP contribution >= 0.6 is 0 Å². The normalized spacial score (nSPS) is 16.0. The molecule has 2 aromatic rings. The van der Waals surface area contributed by atoms with Gasteiger partial charge in [0.2, 0.25) is 0 Å². The van der Waals surface area contributed by atoms with Crippen LogP contribution in [0.4, 0.5) is 5.69 Å². The molecule has 0 spiro atoms. The minimum absolute atomic E-state index is 0.107. The summed E-state index contributed by atoms with van der Waals surface area (Å²) in [4.78, 5) is 0. The molecule has 4 nitrogen and oxygen atoms in total. The van der Waals surface area contributed by atoms with Gasteiger partial charge < -0.3 is 15.8 Å². The Labute approximate surface area is 106 Å². The van der Waals surface area contributed by atoms with Crippen molar-refractivity contribution in [2.45, 2.75) is 19.5 Å². The van der Waals surface area contributed by atoms with Crippen LogP contribution in [0.2, 0.25) is 0 Å². The van der Waals surface area contributed by atoms with E-state index in [1.807, 2.05) is 19.1 Å². The molecule has 2 aromatic carbocycles. The number of nitrogens with two attached hydrogens (primary N) is 1. The number of nitrogens with one attached hydrogen (secondary N) is 1. The van der Waals surface area contributed by atoms with Crippen molar-refractivity contribution in [3.8, 4) is 5.75 Å². The van der Waals surface area contributed by atoms with E-state index >= 15 is 0 Å². The Morgan fingerprint density at radius 2 is 2.22 bits per heavy atom. The number of fused-ring (bicyclic) bond motifs is 3. The Morgan fingerprint density at radius 1 is 1.39 bits per heavy atom. The maximum atomic E-state index is 9.54. The molecule has 18 heavy (non-hydrogen) atoms. The Kier molecular flexibility index (Phi) is 2.61. The maximum absolute atomic E-state index is 9.54. The number of hydrogen-bond donors (Lipinski definition) is 3.